The predicted octanol–water partition coefficient (Wildman–Crippen LogP) is 18.5. The quantitative estimate of drug-likeness (QED) is 0.0133. The number of ether oxygens (including phenoxy) is 17. The van der Waals surface area contributed by atoms with Gasteiger partial charge in [0, 0.05) is 126 Å². The van der Waals surface area contributed by atoms with Crippen molar-refractivity contribution in [2.24, 2.45) is 0 Å². The Labute approximate surface area is 974 Å². The van der Waals surface area contributed by atoms with Crippen molar-refractivity contribution in [3.63, 3.8) is 0 Å². The molecule has 2 fully saturated rings. The summed E-state index contributed by atoms with van der Waals surface area (Å²) in [5.74, 6) is 0.228. The number of rotatable bonds is 16. The van der Waals surface area contributed by atoms with Crippen LogP contribution in [-0.2, 0) is 42.3 Å². The van der Waals surface area contributed by atoms with E-state index in [1.807, 2.05) is 0 Å². The van der Waals surface area contributed by atoms with E-state index in [0.29, 0.717) is 164 Å². The van der Waals surface area contributed by atoms with Crippen LogP contribution in [0.3, 0.4) is 0 Å². The van der Waals surface area contributed by atoms with Crippen molar-refractivity contribution < 1.29 is 238 Å². The Bertz CT molecular complexity index is 6080. The molecule has 0 spiro atoms. The summed E-state index contributed by atoms with van der Waals surface area (Å²) in [6, 6.07) is 24.7. The number of carbonyl (C=O) groups excluding carboxylic acids is 6. The second kappa shape index (κ2) is 72.3. The van der Waals surface area contributed by atoms with Crippen LogP contribution in [0.15, 0.2) is 121 Å². The zero-order chi connectivity index (χ0) is 109. The molecule has 31 nitrogen and oxygen atoms in total. The third-order valence-electron chi connectivity index (χ3n) is 18.4. The summed E-state index contributed by atoms with van der Waals surface area (Å²) in [7, 11) is 13.0. The van der Waals surface area contributed by atoms with E-state index in [0.717, 1.165) is 48.5 Å². The van der Waals surface area contributed by atoms with E-state index >= 15 is 0 Å². The van der Waals surface area contributed by atoms with E-state index in [-0.39, 0.29) is 205 Å². The fourth-order valence-electron chi connectivity index (χ4n) is 11.3. The number of nitrogens with zero attached hydrogens (tertiary/aromatic N) is 3. The van der Waals surface area contributed by atoms with Crippen molar-refractivity contribution in [3.05, 3.63) is 265 Å². The zero-order valence-electron chi connectivity index (χ0n) is 78.4. The van der Waals surface area contributed by atoms with Gasteiger partial charge in [0.1, 0.15) is 63.8 Å². The maximum atomic E-state index is 13.8. The molecular formula is C91H78B3Br7Cl4F10N3Na2O28S. The summed E-state index contributed by atoms with van der Waals surface area (Å²) < 4.78 is 225. The van der Waals surface area contributed by atoms with Gasteiger partial charge >= 0.3 is 65.5 Å². The van der Waals surface area contributed by atoms with Crippen LogP contribution in [0.5, 0.6) is 115 Å². The largest absolute Gasteiger partial charge is 1.00 e. The standard InChI is InChI=1S/C11H8FNO2.C11H9FO4.C9H6FNO2.2C9H9FO3.C8H6ClFO2.C8H5FO3.C8H7FO2.2C7H5FO3.C2H4BrCl.CN.CH4.2BBr3.B.Cl2OS.2Na.H/c1-13-11(2-3-11)7-4-9-10(5-8(7)12)15-6-14-9;12-8-4-10-9(14-6-15-10)3-7(8)11(1-2-11)16-5-13;1-11-4-6-2-8-9(3-7(6)10)13-5-12-8;2*1-12-8-3-6(5-11)7(10)4-9(8)13-2;9-3-5-1-7-8(2-6(5)10)12-4-11-7;9-6-2-8-7(11-4-12-8)1-5(6)3-10;1-5-2-7-8(3-6(5)9)11-4-10-7;2*8-5-2-7(11)6(10)1-4(5)3-9;3-1-2-4;1-2;;2*2-1(3)4;;1-4(2)3;;;/h4-5H,2-3,6H2;3-5H,1-2,6H2;2-3H,4-5H2;2*3-5H,1-2H3;1-2H,3-4H2;1-3H,4H2;2-3H,4H2,1H3;2*1-3,10-11H;1-2H2;;1H4;;;;;;;/q;;;;;;;;;;;-1;;;;;;2*+1;-1. The average Bonchev–Trinajstić information content (AvgIpc) is 1.60. The molecule has 18 rings (SSSR count). The summed E-state index contributed by atoms with van der Waals surface area (Å²) in [5.41, 5.74) is 0.0906. The van der Waals surface area contributed by atoms with Gasteiger partial charge in [-0.15, -0.1) is 118 Å². The monoisotopic (exact) mass is 2650 g/mol. The molecule has 0 atom stereocenters. The second-order valence-electron chi connectivity index (χ2n) is 27.3. The fourth-order valence-corrected chi connectivity index (χ4v) is 11.5. The van der Waals surface area contributed by atoms with Crippen LogP contribution in [0.2, 0.25) is 0 Å². The summed E-state index contributed by atoms with van der Waals surface area (Å²) in [6.45, 7) is 21.3. The van der Waals surface area contributed by atoms with Gasteiger partial charge < -0.3 is 124 Å². The topological polar surface area (TPSA) is 390 Å². The second-order valence-corrected chi connectivity index (χ2v) is 44.1. The van der Waals surface area contributed by atoms with E-state index in [9.17, 15) is 72.7 Å². The van der Waals surface area contributed by atoms with Gasteiger partial charge in [-0.25, -0.2) is 61.3 Å². The molecule has 0 unspecified atom stereocenters. The number of hydrogen-bond donors (Lipinski definition) is 4. The molecular weight excluding hydrogens is 2580 g/mol. The first-order valence-electron chi connectivity index (χ1n) is 39.4. The van der Waals surface area contributed by atoms with E-state index in [1.165, 1.54) is 83.0 Å². The summed E-state index contributed by atoms with van der Waals surface area (Å²) in [5, 5.41) is 42.1. The van der Waals surface area contributed by atoms with Crippen LogP contribution in [-0.4, -0.2) is 158 Å². The molecule has 10 aromatic rings. The molecule has 58 heteroatoms. The molecule has 2 saturated carbocycles. The maximum Gasteiger partial charge on any atom is 1.00 e. The van der Waals surface area contributed by atoms with Gasteiger partial charge in [-0.05, 0) is 86.0 Å². The number of fused-ring (bicyclic) bond motifs is 6. The molecule has 789 valence electrons. The Hall–Kier alpha value is -9.35. The van der Waals surface area contributed by atoms with Crippen LogP contribution in [0.25, 0.3) is 9.69 Å². The summed E-state index contributed by atoms with van der Waals surface area (Å²) >= 11 is 32.4. The van der Waals surface area contributed by atoms with Crippen LogP contribution in [0.4, 0.5) is 43.9 Å². The van der Waals surface area contributed by atoms with E-state index in [4.69, 9.17) is 153 Å². The van der Waals surface area contributed by atoms with Crippen molar-refractivity contribution in [1.29, 1.82) is 5.26 Å². The smallest absolute Gasteiger partial charge is 1.00 e. The number of aryl methyl sites for hydroxylation is 1. The Morgan fingerprint density at radius 2 is 0.658 bits per heavy atom. The Balaban J connectivity index is 0. The van der Waals surface area contributed by atoms with E-state index < -0.39 is 84.1 Å². The Morgan fingerprint density at radius 3 is 0.960 bits per heavy atom. The number of alkyl halides is 3. The van der Waals surface area contributed by atoms with Gasteiger partial charge in [0.05, 0.1) is 73.3 Å². The van der Waals surface area contributed by atoms with Crippen molar-refractivity contribution in [2.45, 2.75) is 63.6 Å². The Morgan fingerprint density at radius 1 is 0.409 bits per heavy atom. The first-order valence-corrected chi connectivity index (χ1v) is 49.9. The number of phenolic OH excluding ortho intramolecular Hbond substituents is 4. The number of methoxy groups -OCH3 is 4. The Kier molecular flexibility index (Phi) is 67.7. The number of halogens is 21. The van der Waals surface area contributed by atoms with Crippen molar-refractivity contribution in [1.82, 2.24) is 0 Å². The molecule has 0 saturated heterocycles. The minimum atomic E-state index is -1.67. The zero-order valence-corrected chi connectivity index (χ0v) is 96.4. The summed E-state index contributed by atoms with van der Waals surface area (Å²) in [6.07, 6.45) is 4.56. The van der Waals surface area contributed by atoms with Gasteiger partial charge in [0.2, 0.25) is 56.5 Å². The van der Waals surface area contributed by atoms with Crippen LogP contribution < -0.4 is 135 Å². The molecule has 6 heterocycles. The molecule has 10 aromatic carbocycles. The van der Waals surface area contributed by atoms with Gasteiger partial charge in [0.15, 0.2) is 146 Å². The van der Waals surface area contributed by atoms with Crippen LogP contribution in [0, 0.1) is 90.1 Å². The van der Waals surface area contributed by atoms with Gasteiger partial charge in [0.25, 0.3) is 12.0 Å². The van der Waals surface area contributed by atoms with Crippen LogP contribution in [0.1, 0.15) is 114 Å². The molecule has 6 aliphatic heterocycles. The molecule has 0 aromatic heterocycles. The maximum absolute atomic E-state index is 13.8. The minimum absolute atomic E-state index is 0. The van der Waals surface area contributed by atoms with Crippen molar-refractivity contribution in [2.75, 3.05) is 80.4 Å². The molecule has 4 N–H and O–H groups in total. The fraction of sp³-hybridized carbons (Fsp3) is 0.242. The summed E-state index contributed by atoms with van der Waals surface area (Å²) in [4.78, 5) is 68.1. The molecule has 0 bridgehead atoms. The van der Waals surface area contributed by atoms with E-state index in [1.54, 1.807) is 31.2 Å². The minimum Gasteiger partial charge on any atom is -1.00 e. The molecule has 3 radical (unpaired) electrons. The number of hydrogen-bond acceptors (Lipinski definition) is 29. The van der Waals surface area contributed by atoms with Gasteiger partial charge in [-0.1, -0.05) is 23.4 Å². The molecule has 8 aliphatic rings. The van der Waals surface area contributed by atoms with E-state index in [2.05, 4.69) is 142 Å². The number of phenols is 4. The van der Waals surface area contributed by atoms with Gasteiger partial charge in [-0.2, -0.15) is 0 Å². The average molecular weight is 2660 g/mol. The van der Waals surface area contributed by atoms with Crippen LogP contribution >= 0.6 is 155 Å². The number of aldehydes is 5. The number of carbonyl (C=O) groups is 6. The first-order chi connectivity index (χ1) is 69.0. The number of benzene rings is 10. The molecule has 2 aliphatic carbocycles. The van der Waals surface area contributed by atoms with Crippen molar-refractivity contribution in [3.8, 4) is 115 Å². The van der Waals surface area contributed by atoms with Gasteiger partial charge in [-0.3, -0.25) is 28.8 Å². The normalized spacial score (nSPS) is 12.2. The predicted molar refractivity (Wildman–Crippen MR) is 549 cm³/mol. The molecule has 0 amide bonds. The van der Waals surface area contributed by atoms with Crippen molar-refractivity contribution >= 4 is 217 Å². The third-order valence-corrected chi connectivity index (χ3v) is 19.7. The SMILES string of the molecule is BrB(Br)Br.BrB(Br)Br.C.COc1cc(F)c(C=O)cc1OC.COc1cc(F)c(C=O)cc1OC.Cc1cc2c(cc1F)OCO2.ClCCBr.Fc1cc2c(cc1CCl)OCO2.O=COC1(c2cc3c(cc2F)OCO3)CC1.O=Cc1cc(O)c(O)cc1F.O=Cc1cc(O)c(O)cc1F.O=Cc1cc2c(cc1F)OCO2.O=S(Cl)Cl.[B].[C-]#N.[C-]#[N+]C1(c2cc3c(cc2F)OCO3)CC1.[C-]#[N+]Cc1cc2c(cc1F)OCO2.[H-].[Na+].[Na+]. The third kappa shape index (κ3) is 45.1. The molecule has 149 heavy (non-hydrogen) atoms. The number of aromatic hydroxyl groups is 4. The first kappa shape index (κ1) is 140.